The van der Waals surface area contributed by atoms with Crippen molar-refractivity contribution in [1.82, 2.24) is 14.8 Å². The van der Waals surface area contributed by atoms with Gasteiger partial charge in [0.05, 0.1) is 0 Å². The lowest BCUT2D eigenvalue weighted by atomic mass is 9.85. The number of hydrogen-bond donors (Lipinski definition) is 1. The van der Waals surface area contributed by atoms with Crippen LogP contribution < -0.4 is 0 Å². The molecule has 0 aliphatic heterocycles. The third-order valence-corrected chi connectivity index (χ3v) is 4.58. The SMILES string of the molecule is CCC(C)C(c1ccccc1)c1n[nH]c(=S)n1C1CC1. The molecule has 1 aromatic heterocycles. The van der Waals surface area contributed by atoms with Crippen LogP contribution in [0.3, 0.4) is 0 Å². The molecule has 1 saturated carbocycles. The van der Waals surface area contributed by atoms with Crippen molar-refractivity contribution in [2.45, 2.75) is 45.1 Å². The van der Waals surface area contributed by atoms with Crippen LogP contribution in [0.15, 0.2) is 30.3 Å². The fraction of sp³-hybridized carbons (Fsp3) is 0.500. The van der Waals surface area contributed by atoms with Gasteiger partial charge in [0.15, 0.2) is 4.77 Å². The molecule has 2 unspecified atom stereocenters. The van der Waals surface area contributed by atoms with Crippen LogP contribution in [0, 0.1) is 10.7 Å². The van der Waals surface area contributed by atoms with Crippen molar-refractivity contribution in [2.24, 2.45) is 5.92 Å². The standard InChI is InChI=1S/C16H21N3S/c1-3-11(2)14(12-7-5-4-6-8-12)15-17-18-16(20)19(15)13-9-10-13/h4-8,11,13-14H,3,9-10H2,1-2H3,(H,18,20). The predicted octanol–water partition coefficient (Wildman–Crippen LogP) is 4.45. The Kier molecular flexibility index (Phi) is 3.74. The zero-order valence-electron chi connectivity index (χ0n) is 12.0. The summed E-state index contributed by atoms with van der Waals surface area (Å²) < 4.78 is 3.02. The van der Waals surface area contributed by atoms with Gasteiger partial charge in [-0.05, 0) is 36.5 Å². The minimum Gasteiger partial charge on any atom is -0.301 e. The van der Waals surface area contributed by atoms with Gasteiger partial charge in [-0.15, -0.1) is 0 Å². The fourth-order valence-electron chi connectivity index (χ4n) is 2.85. The average Bonchev–Trinajstić information content (AvgIpc) is 3.24. The third kappa shape index (κ3) is 2.44. The van der Waals surface area contributed by atoms with Gasteiger partial charge in [0.2, 0.25) is 0 Å². The number of nitrogens with one attached hydrogen (secondary N) is 1. The van der Waals surface area contributed by atoms with E-state index in [1.807, 2.05) is 0 Å². The van der Waals surface area contributed by atoms with Crippen LogP contribution in [0.2, 0.25) is 0 Å². The maximum Gasteiger partial charge on any atom is 0.195 e. The van der Waals surface area contributed by atoms with E-state index in [9.17, 15) is 0 Å². The zero-order valence-corrected chi connectivity index (χ0v) is 12.9. The van der Waals surface area contributed by atoms with Crippen molar-refractivity contribution < 1.29 is 0 Å². The topological polar surface area (TPSA) is 33.6 Å². The lowest BCUT2D eigenvalue weighted by Gasteiger charge is -2.23. The van der Waals surface area contributed by atoms with E-state index in [1.54, 1.807) is 0 Å². The largest absolute Gasteiger partial charge is 0.301 e. The minimum atomic E-state index is 0.315. The average molecular weight is 287 g/mol. The number of benzene rings is 1. The van der Waals surface area contributed by atoms with Crippen molar-refractivity contribution in [2.75, 3.05) is 0 Å². The first-order valence-electron chi connectivity index (χ1n) is 7.44. The summed E-state index contributed by atoms with van der Waals surface area (Å²) in [5.41, 5.74) is 1.33. The molecule has 1 N–H and O–H groups in total. The molecule has 0 saturated heterocycles. The van der Waals surface area contributed by atoms with Crippen molar-refractivity contribution >= 4 is 12.2 Å². The Hall–Kier alpha value is -1.42. The van der Waals surface area contributed by atoms with Gasteiger partial charge in [-0.3, -0.25) is 5.10 Å². The summed E-state index contributed by atoms with van der Waals surface area (Å²) in [7, 11) is 0. The highest BCUT2D eigenvalue weighted by Gasteiger charge is 2.32. The molecule has 1 aliphatic carbocycles. The third-order valence-electron chi connectivity index (χ3n) is 4.29. The first-order chi connectivity index (χ1) is 9.72. The van der Waals surface area contributed by atoms with E-state index in [2.05, 4.69) is 58.9 Å². The highest BCUT2D eigenvalue weighted by molar-refractivity contribution is 7.71. The molecular weight excluding hydrogens is 266 g/mol. The minimum absolute atomic E-state index is 0.315. The Labute approximate surface area is 125 Å². The normalized spacial score (nSPS) is 17.9. The molecule has 1 aliphatic rings. The summed E-state index contributed by atoms with van der Waals surface area (Å²) in [6.45, 7) is 4.54. The molecule has 2 aromatic rings. The molecule has 1 heterocycles. The molecule has 106 valence electrons. The van der Waals surface area contributed by atoms with E-state index in [-0.39, 0.29) is 0 Å². The molecule has 1 fully saturated rings. The number of nitrogens with zero attached hydrogens (tertiary/aromatic N) is 2. The lowest BCUT2D eigenvalue weighted by molar-refractivity contribution is 0.459. The summed E-state index contributed by atoms with van der Waals surface area (Å²) in [6, 6.07) is 11.2. The second-order valence-corrected chi connectivity index (χ2v) is 6.15. The fourth-order valence-corrected chi connectivity index (χ4v) is 3.14. The van der Waals surface area contributed by atoms with Crippen LogP contribution in [0.4, 0.5) is 0 Å². The van der Waals surface area contributed by atoms with Gasteiger partial charge in [0, 0.05) is 12.0 Å². The maximum atomic E-state index is 5.43. The molecule has 0 bridgehead atoms. The van der Waals surface area contributed by atoms with E-state index in [0.717, 1.165) is 17.0 Å². The van der Waals surface area contributed by atoms with Crippen molar-refractivity contribution in [3.8, 4) is 0 Å². The first-order valence-corrected chi connectivity index (χ1v) is 7.85. The van der Waals surface area contributed by atoms with Gasteiger partial charge in [-0.2, -0.15) is 5.10 Å². The van der Waals surface area contributed by atoms with Gasteiger partial charge in [-0.1, -0.05) is 50.6 Å². The van der Waals surface area contributed by atoms with Crippen LogP contribution in [0.25, 0.3) is 0 Å². The molecule has 20 heavy (non-hydrogen) atoms. The summed E-state index contributed by atoms with van der Waals surface area (Å²) in [5, 5.41) is 7.57. The molecule has 0 amide bonds. The Balaban J connectivity index is 2.08. The molecule has 3 nitrogen and oxygen atoms in total. The van der Waals surface area contributed by atoms with Gasteiger partial charge < -0.3 is 4.57 Å². The Bertz CT molecular complexity index is 625. The van der Waals surface area contributed by atoms with E-state index >= 15 is 0 Å². The van der Waals surface area contributed by atoms with Crippen molar-refractivity contribution in [1.29, 1.82) is 0 Å². The monoisotopic (exact) mass is 287 g/mol. The highest BCUT2D eigenvalue weighted by Crippen LogP contribution is 2.40. The van der Waals surface area contributed by atoms with Crippen molar-refractivity contribution in [3.63, 3.8) is 0 Å². The Morgan fingerprint density at radius 2 is 2.05 bits per heavy atom. The van der Waals surface area contributed by atoms with Gasteiger partial charge in [-0.25, -0.2) is 0 Å². The van der Waals surface area contributed by atoms with E-state index in [4.69, 9.17) is 12.2 Å². The van der Waals surface area contributed by atoms with E-state index < -0.39 is 0 Å². The summed E-state index contributed by atoms with van der Waals surface area (Å²) >= 11 is 5.43. The summed E-state index contributed by atoms with van der Waals surface area (Å²) in [6.07, 6.45) is 3.58. The first kappa shape index (κ1) is 13.6. The molecule has 4 heteroatoms. The Morgan fingerprint density at radius 3 is 2.65 bits per heavy atom. The van der Waals surface area contributed by atoms with Crippen LogP contribution in [-0.4, -0.2) is 14.8 Å². The molecule has 1 aromatic carbocycles. The van der Waals surface area contributed by atoms with E-state index in [1.165, 1.54) is 18.4 Å². The van der Waals surface area contributed by atoms with E-state index in [0.29, 0.717) is 17.9 Å². The summed E-state index contributed by atoms with van der Waals surface area (Å²) in [4.78, 5) is 0. The number of H-pyrrole nitrogens is 1. The highest BCUT2D eigenvalue weighted by atomic mass is 32.1. The lowest BCUT2D eigenvalue weighted by Crippen LogP contribution is -2.16. The van der Waals surface area contributed by atoms with Gasteiger partial charge in [0.25, 0.3) is 0 Å². The van der Waals surface area contributed by atoms with Crippen LogP contribution in [0.5, 0.6) is 0 Å². The number of aromatic amines is 1. The Morgan fingerprint density at radius 1 is 1.35 bits per heavy atom. The molecule has 0 spiro atoms. The molecule has 3 rings (SSSR count). The quantitative estimate of drug-likeness (QED) is 0.824. The number of rotatable bonds is 5. The second-order valence-electron chi connectivity index (χ2n) is 5.76. The smallest absolute Gasteiger partial charge is 0.195 e. The predicted molar refractivity (Wildman–Crippen MR) is 83.4 cm³/mol. The molecular formula is C16H21N3S. The zero-order chi connectivity index (χ0) is 14.1. The number of hydrogen-bond acceptors (Lipinski definition) is 2. The van der Waals surface area contributed by atoms with Crippen molar-refractivity contribution in [3.05, 3.63) is 46.5 Å². The van der Waals surface area contributed by atoms with Crippen LogP contribution in [-0.2, 0) is 0 Å². The molecule has 0 radical (unpaired) electrons. The van der Waals surface area contributed by atoms with Crippen LogP contribution >= 0.6 is 12.2 Å². The van der Waals surface area contributed by atoms with Gasteiger partial charge >= 0.3 is 0 Å². The number of aromatic nitrogens is 3. The maximum absolute atomic E-state index is 5.43. The summed E-state index contributed by atoms with van der Waals surface area (Å²) in [5.74, 6) is 1.97. The second kappa shape index (κ2) is 5.52. The van der Waals surface area contributed by atoms with Gasteiger partial charge in [0.1, 0.15) is 5.82 Å². The van der Waals surface area contributed by atoms with Crippen LogP contribution in [0.1, 0.15) is 56.5 Å². The molecule has 2 atom stereocenters.